The van der Waals surface area contributed by atoms with Gasteiger partial charge in [-0.2, -0.15) is 10.1 Å². The third kappa shape index (κ3) is 3.43. The van der Waals surface area contributed by atoms with E-state index in [-0.39, 0.29) is 0 Å². The molecular weight excluding hydrogens is 242 g/mol. The third-order valence-corrected chi connectivity index (χ3v) is 2.68. The van der Waals surface area contributed by atoms with Crippen LogP contribution in [-0.4, -0.2) is 26.4 Å². The van der Waals surface area contributed by atoms with Gasteiger partial charge >= 0.3 is 0 Å². The van der Waals surface area contributed by atoms with E-state index in [2.05, 4.69) is 20.4 Å². The molecule has 2 heterocycles. The molecule has 19 heavy (non-hydrogen) atoms. The first kappa shape index (κ1) is 13.3. The van der Waals surface area contributed by atoms with Gasteiger partial charge in [0.05, 0.1) is 12.3 Å². The first-order valence-corrected chi connectivity index (χ1v) is 6.30. The average Bonchev–Trinajstić information content (AvgIpc) is 2.65. The molecule has 0 saturated heterocycles. The quantitative estimate of drug-likeness (QED) is 0.889. The second kappa shape index (κ2) is 5.69. The van der Waals surface area contributed by atoms with Crippen molar-refractivity contribution in [1.82, 2.24) is 19.7 Å². The van der Waals surface area contributed by atoms with Crippen molar-refractivity contribution in [1.29, 1.82) is 0 Å². The monoisotopic (exact) mass is 261 g/mol. The molecule has 0 atom stereocenters. The van der Waals surface area contributed by atoms with E-state index in [4.69, 9.17) is 4.74 Å². The lowest BCUT2D eigenvalue weighted by Crippen LogP contribution is -2.05. The number of aryl methyl sites for hydroxylation is 3. The molecular formula is C13H19N5O. The van der Waals surface area contributed by atoms with Gasteiger partial charge in [-0.15, -0.1) is 0 Å². The Morgan fingerprint density at radius 3 is 2.74 bits per heavy atom. The molecule has 6 nitrogen and oxygen atoms in total. The highest BCUT2D eigenvalue weighted by molar-refractivity contribution is 5.39. The predicted molar refractivity (Wildman–Crippen MR) is 73.2 cm³/mol. The summed E-state index contributed by atoms with van der Waals surface area (Å²) < 4.78 is 7.21. The van der Waals surface area contributed by atoms with Crippen LogP contribution in [0.2, 0.25) is 0 Å². The number of hydrogen-bond acceptors (Lipinski definition) is 5. The summed E-state index contributed by atoms with van der Waals surface area (Å²) in [7, 11) is 1.92. The number of nitrogens with zero attached hydrogens (tertiary/aromatic N) is 4. The maximum Gasteiger partial charge on any atom is 0.218 e. The van der Waals surface area contributed by atoms with Crippen LogP contribution in [0, 0.1) is 13.8 Å². The molecule has 102 valence electrons. The van der Waals surface area contributed by atoms with E-state index in [1.165, 1.54) is 0 Å². The molecule has 0 fully saturated rings. The molecule has 0 saturated carbocycles. The summed E-state index contributed by atoms with van der Waals surface area (Å²) >= 11 is 0. The molecule has 2 aromatic rings. The number of aromatic nitrogens is 4. The van der Waals surface area contributed by atoms with Crippen molar-refractivity contribution in [3.8, 4) is 5.88 Å². The van der Waals surface area contributed by atoms with Crippen molar-refractivity contribution in [2.45, 2.75) is 27.3 Å². The van der Waals surface area contributed by atoms with Gasteiger partial charge in [-0.25, -0.2) is 4.98 Å². The second-order valence-electron chi connectivity index (χ2n) is 4.34. The van der Waals surface area contributed by atoms with Gasteiger partial charge in [-0.05, 0) is 20.8 Å². The Hall–Kier alpha value is -2.11. The van der Waals surface area contributed by atoms with Crippen LogP contribution in [0.3, 0.4) is 0 Å². The first-order chi connectivity index (χ1) is 9.08. The number of anilines is 1. The summed E-state index contributed by atoms with van der Waals surface area (Å²) in [5.41, 5.74) is 2.17. The van der Waals surface area contributed by atoms with Crippen molar-refractivity contribution in [3.63, 3.8) is 0 Å². The lowest BCUT2D eigenvalue weighted by Gasteiger charge is -2.08. The Labute approximate surface area is 112 Å². The minimum atomic E-state index is 0.595. The molecule has 2 aromatic heterocycles. The summed E-state index contributed by atoms with van der Waals surface area (Å²) in [6.45, 7) is 7.06. The smallest absolute Gasteiger partial charge is 0.218 e. The van der Waals surface area contributed by atoms with Crippen molar-refractivity contribution in [2.75, 3.05) is 11.9 Å². The van der Waals surface area contributed by atoms with Gasteiger partial charge in [-0.1, -0.05) is 0 Å². The van der Waals surface area contributed by atoms with E-state index in [1.807, 2.05) is 44.8 Å². The first-order valence-electron chi connectivity index (χ1n) is 6.30. The lowest BCUT2D eigenvalue weighted by molar-refractivity contribution is 0.325. The van der Waals surface area contributed by atoms with Crippen LogP contribution in [-0.2, 0) is 13.6 Å². The summed E-state index contributed by atoms with van der Waals surface area (Å²) in [5, 5.41) is 7.58. The third-order valence-electron chi connectivity index (χ3n) is 2.68. The van der Waals surface area contributed by atoms with Crippen LogP contribution in [0.5, 0.6) is 5.88 Å². The van der Waals surface area contributed by atoms with E-state index in [0.29, 0.717) is 24.9 Å². The average molecular weight is 261 g/mol. The molecule has 0 aliphatic heterocycles. The molecule has 0 amide bonds. The Morgan fingerprint density at radius 1 is 1.32 bits per heavy atom. The van der Waals surface area contributed by atoms with Crippen LogP contribution in [0.4, 0.5) is 5.82 Å². The molecule has 0 aliphatic carbocycles. The molecule has 0 bridgehead atoms. The van der Waals surface area contributed by atoms with Gasteiger partial charge < -0.3 is 10.1 Å². The Balaban J connectivity index is 2.08. The van der Waals surface area contributed by atoms with Gasteiger partial charge in [-0.3, -0.25) is 4.68 Å². The second-order valence-corrected chi connectivity index (χ2v) is 4.34. The Bertz CT molecular complexity index is 564. The van der Waals surface area contributed by atoms with Crippen LogP contribution in [0.25, 0.3) is 0 Å². The highest BCUT2D eigenvalue weighted by Gasteiger charge is 2.05. The highest BCUT2D eigenvalue weighted by Crippen LogP contribution is 2.15. The molecule has 0 aliphatic rings. The van der Waals surface area contributed by atoms with Crippen molar-refractivity contribution in [3.05, 3.63) is 29.3 Å². The van der Waals surface area contributed by atoms with E-state index in [1.54, 1.807) is 0 Å². The molecule has 0 radical (unpaired) electrons. The molecule has 1 N–H and O–H groups in total. The van der Waals surface area contributed by atoms with Crippen molar-refractivity contribution in [2.24, 2.45) is 7.05 Å². The summed E-state index contributed by atoms with van der Waals surface area (Å²) in [5.74, 6) is 2.05. The van der Waals surface area contributed by atoms with Crippen LogP contribution >= 0.6 is 0 Å². The minimum absolute atomic E-state index is 0.595. The summed E-state index contributed by atoms with van der Waals surface area (Å²) in [6.07, 6.45) is 2.00. The molecule has 0 aromatic carbocycles. The zero-order valence-corrected chi connectivity index (χ0v) is 11.8. The van der Waals surface area contributed by atoms with Crippen molar-refractivity contribution >= 4 is 5.82 Å². The maximum absolute atomic E-state index is 5.40. The summed E-state index contributed by atoms with van der Waals surface area (Å²) in [4.78, 5) is 8.55. The lowest BCUT2D eigenvalue weighted by atomic mass is 10.2. The van der Waals surface area contributed by atoms with Gasteiger partial charge in [0.2, 0.25) is 5.88 Å². The van der Waals surface area contributed by atoms with Crippen LogP contribution in [0.1, 0.15) is 24.0 Å². The predicted octanol–water partition coefficient (Wildman–Crippen LogP) is 1.84. The molecule has 2 rings (SSSR count). The number of nitrogens with one attached hydrogen (secondary N) is 1. The zero-order chi connectivity index (χ0) is 13.8. The Morgan fingerprint density at radius 2 is 2.11 bits per heavy atom. The van der Waals surface area contributed by atoms with Crippen molar-refractivity contribution < 1.29 is 4.74 Å². The van der Waals surface area contributed by atoms with E-state index < -0.39 is 0 Å². The largest absolute Gasteiger partial charge is 0.478 e. The fourth-order valence-corrected chi connectivity index (χ4v) is 1.86. The summed E-state index contributed by atoms with van der Waals surface area (Å²) in [6, 6.07) is 1.81. The Kier molecular flexibility index (Phi) is 3.99. The van der Waals surface area contributed by atoms with Gasteiger partial charge in [0.25, 0.3) is 0 Å². The van der Waals surface area contributed by atoms with E-state index in [9.17, 15) is 0 Å². The van der Waals surface area contributed by atoms with E-state index in [0.717, 1.165) is 17.1 Å². The molecule has 0 spiro atoms. The van der Waals surface area contributed by atoms with Gasteiger partial charge in [0.1, 0.15) is 11.6 Å². The standard InChI is InChI=1S/C13H19N5O/c1-5-19-13-6-12(15-10(3)16-13)14-7-11-8-18(4)17-9(11)2/h6,8H,5,7H2,1-4H3,(H,14,15,16). The minimum Gasteiger partial charge on any atom is -0.478 e. The van der Waals surface area contributed by atoms with E-state index >= 15 is 0 Å². The molecule has 6 heteroatoms. The number of hydrogen-bond donors (Lipinski definition) is 1. The number of rotatable bonds is 5. The fraction of sp³-hybridized carbons (Fsp3) is 0.462. The highest BCUT2D eigenvalue weighted by atomic mass is 16.5. The SMILES string of the molecule is CCOc1cc(NCc2cn(C)nc2C)nc(C)n1. The molecule has 0 unspecified atom stereocenters. The van der Waals surface area contributed by atoms with Gasteiger partial charge in [0, 0.05) is 31.4 Å². The van der Waals surface area contributed by atoms with Crippen LogP contribution < -0.4 is 10.1 Å². The maximum atomic E-state index is 5.40. The number of ether oxygens (including phenoxy) is 1. The van der Waals surface area contributed by atoms with Crippen LogP contribution in [0.15, 0.2) is 12.3 Å². The van der Waals surface area contributed by atoms with Gasteiger partial charge in [0.15, 0.2) is 0 Å². The zero-order valence-electron chi connectivity index (χ0n) is 11.8. The topological polar surface area (TPSA) is 64.9 Å². The normalized spacial score (nSPS) is 10.5. The fourth-order valence-electron chi connectivity index (χ4n) is 1.86.